The number of hydrogen-bond acceptors (Lipinski definition) is 1. The smallest absolute Gasteiger partial charge is 0.194 e. The lowest BCUT2D eigenvalue weighted by Crippen LogP contribution is -1.99. The molecule has 96 valence electrons. The van der Waals surface area contributed by atoms with Crippen LogP contribution in [0.15, 0.2) is 36.4 Å². The fraction of sp³-hybridized carbons (Fsp3) is 0. The summed E-state index contributed by atoms with van der Waals surface area (Å²) < 4.78 is 41.3. The van der Waals surface area contributed by atoms with Crippen molar-refractivity contribution >= 4 is 23.3 Å². The van der Waals surface area contributed by atoms with Crippen LogP contribution in [0.1, 0.15) is 0 Å². The van der Waals surface area contributed by atoms with Crippen LogP contribution in [0, 0.1) is 22.2 Å². The molecule has 0 fully saturated rings. The Morgan fingerprint density at radius 1 is 1.00 bits per heavy atom. The molecular weight excluding hydrogens is 273 g/mol. The number of rotatable bonds is 1. The summed E-state index contributed by atoms with van der Waals surface area (Å²) >= 11 is 5.12. The van der Waals surface area contributed by atoms with E-state index in [0.717, 1.165) is 17.6 Å². The fourth-order valence-corrected chi connectivity index (χ4v) is 2.30. The third-order valence-electron chi connectivity index (χ3n) is 2.82. The first-order valence-electron chi connectivity index (χ1n) is 5.42. The molecule has 2 aromatic carbocycles. The molecule has 0 saturated heterocycles. The van der Waals surface area contributed by atoms with Gasteiger partial charge in [-0.1, -0.05) is 12.1 Å². The maximum absolute atomic E-state index is 13.3. The second-order valence-corrected chi connectivity index (χ2v) is 4.39. The van der Waals surface area contributed by atoms with Crippen LogP contribution in [0.3, 0.4) is 0 Å². The molecule has 6 heteroatoms. The van der Waals surface area contributed by atoms with Gasteiger partial charge < -0.3 is 4.98 Å². The lowest BCUT2D eigenvalue weighted by atomic mass is 10.2. The Labute approximate surface area is 111 Å². The van der Waals surface area contributed by atoms with Crippen LogP contribution in [0.5, 0.6) is 0 Å². The van der Waals surface area contributed by atoms with Crippen molar-refractivity contribution in [1.29, 1.82) is 0 Å². The molecule has 3 aromatic rings. The molecule has 0 spiro atoms. The number of para-hydroxylation sites is 2. The SMILES string of the molecule is Fc1cc(-n2c(=S)[nH]c3ccccc32)cc(F)c1F. The van der Waals surface area contributed by atoms with Gasteiger partial charge >= 0.3 is 0 Å². The van der Waals surface area contributed by atoms with E-state index < -0.39 is 17.5 Å². The highest BCUT2D eigenvalue weighted by atomic mass is 32.1. The van der Waals surface area contributed by atoms with E-state index in [9.17, 15) is 13.2 Å². The summed E-state index contributed by atoms with van der Waals surface area (Å²) in [5.41, 5.74) is 1.54. The number of H-pyrrole nitrogens is 1. The normalized spacial score (nSPS) is 11.1. The molecule has 0 amide bonds. The van der Waals surface area contributed by atoms with Crippen molar-refractivity contribution in [2.24, 2.45) is 0 Å². The van der Waals surface area contributed by atoms with Crippen LogP contribution < -0.4 is 0 Å². The van der Waals surface area contributed by atoms with Gasteiger partial charge in [0.2, 0.25) is 0 Å². The maximum atomic E-state index is 13.3. The van der Waals surface area contributed by atoms with E-state index in [-0.39, 0.29) is 10.5 Å². The summed E-state index contributed by atoms with van der Waals surface area (Å²) in [6.07, 6.45) is 0. The van der Waals surface area contributed by atoms with Gasteiger partial charge in [0.1, 0.15) is 0 Å². The minimum Gasteiger partial charge on any atom is -0.330 e. The summed E-state index contributed by atoms with van der Waals surface area (Å²) in [6, 6.07) is 8.95. The second-order valence-electron chi connectivity index (χ2n) is 4.01. The predicted octanol–water partition coefficient (Wildman–Crippen LogP) is 4.11. The van der Waals surface area contributed by atoms with Crippen LogP contribution in [-0.4, -0.2) is 9.55 Å². The summed E-state index contributed by atoms with van der Waals surface area (Å²) in [6.45, 7) is 0. The highest BCUT2D eigenvalue weighted by Gasteiger charge is 2.13. The quantitative estimate of drug-likeness (QED) is 0.525. The van der Waals surface area contributed by atoms with Crippen molar-refractivity contribution in [2.45, 2.75) is 0 Å². The molecule has 0 saturated carbocycles. The first-order valence-corrected chi connectivity index (χ1v) is 5.83. The van der Waals surface area contributed by atoms with E-state index in [4.69, 9.17) is 12.2 Å². The van der Waals surface area contributed by atoms with Crippen molar-refractivity contribution < 1.29 is 13.2 Å². The van der Waals surface area contributed by atoms with Crippen molar-refractivity contribution in [1.82, 2.24) is 9.55 Å². The molecule has 0 unspecified atom stereocenters. The van der Waals surface area contributed by atoms with Gasteiger partial charge in [0.15, 0.2) is 22.2 Å². The van der Waals surface area contributed by atoms with Crippen LogP contribution in [0.4, 0.5) is 13.2 Å². The van der Waals surface area contributed by atoms with E-state index >= 15 is 0 Å². The minimum atomic E-state index is -1.49. The highest BCUT2D eigenvalue weighted by molar-refractivity contribution is 7.71. The van der Waals surface area contributed by atoms with Gasteiger partial charge in [-0.25, -0.2) is 13.2 Å². The average Bonchev–Trinajstić information content (AvgIpc) is 2.71. The number of aromatic nitrogens is 2. The molecule has 0 bridgehead atoms. The second kappa shape index (κ2) is 4.24. The summed E-state index contributed by atoms with van der Waals surface area (Å²) in [7, 11) is 0. The minimum absolute atomic E-state index is 0.138. The molecule has 0 aliphatic rings. The number of nitrogens with one attached hydrogen (secondary N) is 1. The zero-order valence-electron chi connectivity index (χ0n) is 9.45. The van der Waals surface area contributed by atoms with Crippen LogP contribution in [0.2, 0.25) is 0 Å². The third-order valence-corrected chi connectivity index (χ3v) is 3.10. The Kier molecular flexibility index (Phi) is 2.67. The van der Waals surface area contributed by atoms with Crippen molar-refractivity contribution in [3.05, 3.63) is 58.6 Å². The average molecular weight is 280 g/mol. The molecule has 1 heterocycles. The van der Waals surface area contributed by atoms with Gasteiger partial charge in [-0.15, -0.1) is 0 Å². The Balaban J connectivity index is 2.36. The van der Waals surface area contributed by atoms with Gasteiger partial charge in [0.05, 0.1) is 16.7 Å². The van der Waals surface area contributed by atoms with Crippen LogP contribution >= 0.6 is 12.2 Å². The molecule has 0 aliphatic carbocycles. The van der Waals surface area contributed by atoms with Crippen molar-refractivity contribution in [2.75, 3.05) is 0 Å². The highest BCUT2D eigenvalue weighted by Crippen LogP contribution is 2.22. The van der Waals surface area contributed by atoms with Gasteiger partial charge in [-0.2, -0.15) is 0 Å². The predicted molar refractivity (Wildman–Crippen MR) is 68.3 cm³/mol. The monoisotopic (exact) mass is 280 g/mol. The van der Waals surface area contributed by atoms with E-state index in [1.807, 2.05) is 6.07 Å². The largest absolute Gasteiger partial charge is 0.330 e. The summed E-state index contributed by atoms with van der Waals surface area (Å²) in [5.74, 6) is -3.99. The summed E-state index contributed by atoms with van der Waals surface area (Å²) in [5, 5.41) is 0. The summed E-state index contributed by atoms with van der Waals surface area (Å²) in [4.78, 5) is 2.92. The van der Waals surface area contributed by atoms with Gasteiger partial charge in [-0.05, 0) is 24.4 Å². The molecule has 3 rings (SSSR count). The Morgan fingerprint density at radius 3 is 2.32 bits per heavy atom. The van der Waals surface area contributed by atoms with Crippen molar-refractivity contribution in [3.8, 4) is 5.69 Å². The number of benzene rings is 2. The fourth-order valence-electron chi connectivity index (χ4n) is 1.98. The molecular formula is C13H7F3N2S. The van der Waals surface area contributed by atoms with E-state index in [1.54, 1.807) is 18.2 Å². The van der Waals surface area contributed by atoms with E-state index in [2.05, 4.69) is 4.98 Å². The Morgan fingerprint density at radius 2 is 1.63 bits per heavy atom. The number of halogens is 3. The lowest BCUT2D eigenvalue weighted by molar-refractivity contribution is 0.446. The van der Waals surface area contributed by atoms with E-state index in [1.165, 1.54) is 4.57 Å². The van der Waals surface area contributed by atoms with Crippen LogP contribution in [-0.2, 0) is 0 Å². The number of hydrogen-bond donors (Lipinski definition) is 1. The number of nitrogens with zero attached hydrogens (tertiary/aromatic N) is 1. The maximum Gasteiger partial charge on any atom is 0.194 e. The molecule has 0 radical (unpaired) electrons. The van der Waals surface area contributed by atoms with Gasteiger partial charge in [0, 0.05) is 12.1 Å². The molecule has 0 aliphatic heterocycles. The van der Waals surface area contributed by atoms with Crippen LogP contribution in [0.25, 0.3) is 16.7 Å². The Bertz CT molecular complexity index is 812. The Hall–Kier alpha value is -2.08. The van der Waals surface area contributed by atoms with Gasteiger partial charge in [-0.3, -0.25) is 4.57 Å². The zero-order valence-corrected chi connectivity index (χ0v) is 10.3. The lowest BCUT2D eigenvalue weighted by Gasteiger charge is -2.06. The van der Waals surface area contributed by atoms with Crippen molar-refractivity contribution in [3.63, 3.8) is 0 Å². The topological polar surface area (TPSA) is 20.7 Å². The number of fused-ring (bicyclic) bond motifs is 1. The third kappa shape index (κ3) is 1.84. The zero-order chi connectivity index (χ0) is 13.6. The van der Waals surface area contributed by atoms with Gasteiger partial charge in [0.25, 0.3) is 0 Å². The molecule has 2 nitrogen and oxygen atoms in total. The number of aromatic amines is 1. The standard InChI is InChI=1S/C13H7F3N2S/c14-8-5-7(6-9(15)12(8)16)18-11-4-2-1-3-10(11)17-13(18)19/h1-6H,(H,17,19). The first-order chi connectivity index (χ1) is 9.08. The molecule has 19 heavy (non-hydrogen) atoms. The first kappa shape index (κ1) is 12.0. The molecule has 0 atom stereocenters. The number of imidazole rings is 1. The molecule has 1 N–H and O–H groups in total. The van der Waals surface area contributed by atoms with E-state index in [0.29, 0.717) is 5.52 Å². The molecule has 1 aromatic heterocycles.